The molecule has 0 radical (unpaired) electrons. The highest BCUT2D eigenvalue weighted by molar-refractivity contribution is 7.99. The first-order chi connectivity index (χ1) is 9.42. The highest BCUT2D eigenvalue weighted by Crippen LogP contribution is 2.23. The topological polar surface area (TPSA) is 15.3 Å². The van der Waals surface area contributed by atoms with Crippen molar-refractivity contribution in [3.63, 3.8) is 0 Å². The van der Waals surface area contributed by atoms with E-state index in [9.17, 15) is 0 Å². The second-order valence-corrected chi connectivity index (χ2v) is 6.86. The van der Waals surface area contributed by atoms with Gasteiger partial charge in [0, 0.05) is 24.4 Å². The van der Waals surface area contributed by atoms with Crippen LogP contribution in [0.4, 0.5) is 0 Å². The first kappa shape index (κ1) is 13.5. The maximum absolute atomic E-state index is 3.74. The Balaban J connectivity index is 1.61. The van der Waals surface area contributed by atoms with Crippen molar-refractivity contribution in [2.75, 3.05) is 31.1 Å². The summed E-state index contributed by atoms with van der Waals surface area (Å²) in [6, 6.07) is 12.4. The fourth-order valence-corrected chi connectivity index (χ4v) is 4.46. The summed E-state index contributed by atoms with van der Waals surface area (Å²) < 4.78 is 0. The highest BCUT2D eigenvalue weighted by Gasteiger charge is 2.26. The number of thioether (sulfide) groups is 1. The van der Waals surface area contributed by atoms with Crippen LogP contribution in [0.5, 0.6) is 0 Å². The molecule has 3 heteroatoms. The van der Waals surface area contributed by atoms with Gasteiger partial charge in [0.15, 0.2) is 0 Å². The normalized spacial score (nSPS) is 29.3. The number of rotatable bonds is 3. The lowest BCUT2D eigenvalue weighted by Crippen LogP contribution is -2.43. The zero-order valence-electron chi connectivity index (χ0n) is 11.6. The highest BCUT2D eigenvalue weighted by atomic mass is 32.2. The molecule has 0 amide bonds. The number of nitrogens with zero attached hydrogens (tertiary/aromatic N) is 1. The summed E-state index contributed by atoms with van der Waals surface area (Å²) in [5.74, 6) is 2.70. The van der Waals surface area contributed by atoms with Crippen molar-refractivity contribution in [3.8, 4) is 0 Å². The van der Waals surface area contributed by atoms with Crippen LogP contribution in [0, 0.1) is 0 Å². The first-order valence-electron chi connectivity index (χ1n) is 7.51. The van der Waals surface area contributed by atoms with Crippen LogP contribution in [0.3, 0.4) is 0 Å². The summed E-state index contributed by atoms with van der Waals surface area (Å²) in [5.41, 5.74) is 1.46. The molecule has 0 aromatic heterocycles. The lowest BCUT2D eigenvalue weighted by molar-refractivity contribution is 0.208. The molecular weight excluding hydrogens is 252 g/mol. The quantitative estimate of drug-likeness (QED) is 0.912. The van der Waals surface area contributed by atoms with Crippen molar-refractivity contribution in [1.82, 2.24) is 10.2 Å². The van der Waals surface area contributed by atoms with Gasteiger partial charge in [-0.15, -0.1) is 0 Å². The summed E-state index contributed by atoms with van der Waals surface area (Å²) >= 11 is 2.13. The Morgan fingerprint density at radius 2 is 2.16 bits per heavy atom. The predicted octanol–water partition coefficient (Wildman–Crippen LogP) is 2.40. The van der Waals surface area contributed by atoms with Crippen molar-refractivity contribution in [3.05, 3.63) is 35.9 Å². The van der Waals surface area contributed by atoms with Gasteiger partial charge in [-0.05, 0) is 43.7 Å². The van der Waals surface area contributed by atoms with E-state index in [0.717, 1.165) is 12.5 Å². The Morgan fingerprint density at radius 3 is 2.95 bits per heavy atom. The molecule has 2 unspecified atom stereocenters. The summed E-state index contributed by atoms with van der Waals surface area (Å²) in [6.45, 7) is 3.68. The zero-order chi connectivity index (χ0) is 12.9. The molecule has 1 N–H and O–H groups in total. The summed E-state index contributed by atoms with van der Waals surface area (Å²) in [4.78, 5) is 2.74. The van der Waals surface area contributed by atoms with E-state index < -0.39 is 0 Å². The van der Waals surface area contributed by atoms with Crippen LogP contribution < -0.4 is 5.32 Å². The maximum atomic E-state index is 3.74. The molecule has 1 aromatic carbocycles. The third-order valence-corrected chi connectivity index (χ3v) is 5.40. The second-order valence-electron chi connectivity index (χ2n) is 5.71. The van der Waals surface area contributed by atoms with Crippen LogP contribution >= 0.6 is 11.8 Å². The third kappa shape index (κ3) is 3.74. The zero-order valence-corrected chi connectivity index (χ0v) is 12.4. The minimum atomic E-state index is 0.621. The largest absolute Gasteiger partial charge is 0.312 e. The van der Waals surface area contributed by atoms with Crippen LogP contribution in [0.15, 0.2) is 30.3 Å². The van der Waals surface area contributed by atoms with E-state index in [1.165, 1.54) is 49.5 Å². The molecule has 0 aliphatic carbocycles. The summed E-state index contributed by atoms with van der Waals surface area (Å²) in [6.07, 6.45) is 3.85. The molecule has 2 aliphatic rings. The molecule has 2 atom stereocenters. The molecule has 104 valence electrons. The number of hydrogen-bond acceptors (Lipinski definition) is 3. The van der Waals surface area contributed by atoms with E-state index in [4.69, 9.17) is 0 Å². The molecule has 19 heavy (non-hydrogen) atoms. The van der Waals surface area contributed by atoms with Gasteiger partial charge >= 0.3 is 0 Å². The SMILES string of the molecule is c1ccc(CC2CN(C3CCSC3)CCCN2)cc1. The maximum Gasteiger partial charge on any atom is 0.0235 e. The number of benzene rings is 1. The third-order valence-electron chi connectivity index (χ3n) is 4.26. The van der Waals surface area contributed by atoms with Crippen molar-refractivity contribution in [2.45, 2.75) is 31.3 Å². The predicted molar refractivity (Wildman–Crippen MR) is 83.9 cm³/mol. The molecule has 2 nitrogen and oxygen atoms in total. The lowest BCUT2D eigenvalue weighted by atomic mass is 10.1. The van der Waals surface area contributed by atoms with Gasteiger partial charge in [0.2, 0.25) is 0 Å². The molecule has 2 aliphatic heterocycles. The van der Waals surface area contributed by atoms with Gasteiger partial charge in [-0.3, -0.25) is 4.90 Å². The van der Waals surface area contributed by atoms with Crippen molar-refractivity contribution in [1.29, 1.82) is 0 Å². The van der Waals surface area contributed by atoms with Crippen LogP contribution in [-0.2, 0) is 6.42 Å². The van der Waals surface area contributed by atoms with Crippen LogP contribution in [-0.4, -0.2) is 48.1 Å². The van der Waals surface area contributed by atoms with Crippen LogP contribution in [0.2, 0.25) is 0 Å². The van der Waals surface area contributed by atoms with Gasteiger partial charge in [0.05, 0.1) is 0 Å². The monoisotopic (exact) mass is 276 g/mol. The van der Waals surface area contributed by atoms with E-state index in [2.05, 4.69) is 52.3 Å². The Kier molecular flexibility index (Phi) is 4.81. The smallest absolute Gasteiger partial charge is 0.0235 e. The van der Waals surface area contributed by atoms with E-state index in [1.807, 2.05) is 0 Å². The standard InChI is InChI=1S/C16H24N2S/c1-2-5-14(6-3-1)11-15-12-18(9-4-8-17-15)16-7-10-19-13-16/h1-3,5-6,15-17H,4,7-13H2. The molecule has 2 fully saturated rings. The Labute approximate surface area is 121 Å². The van der Waals surface area contributed by atoms with Crippen molar-refractivity contribution >= 4 is 11.8 Å². The molecule has 0 saturated carbocycles. The minimum absolute atomic E-state index is 0.621. The molecule has 2 saturated heterocycles. The van der Waals surface area contributed by atoms with Gasteiger partial charge in [-0.1, -0.05) is 30.3 Å². The van der Waals surface area contributed by atoms with E-state index in [0.29, 0.717) is 6.04 Å². The number of nitrogens with one attached hydrogen (secondary N) is 1. The Morgan fingerprint density at radius 1 is 1.26 bits per heavy atom. The van der Waals surface area contributed by atoms with Gasteiger partial charge < -0.3 is 5.32 Å². The average molecular weight is 276 g/mol. The lowest BCUT2D eigenvalue weighted by Gasteiger charge is -2.29. The fraction of sp³-hybridized carbons (Fsp3) is 0.625. The van der Waals surface area contributed by atoms with Crippen LogP contribution in [0.1, 0.15) is 18.4 Å². The average Bonchev–Trinajstić information content (AvgIpc) is 2.88. The Hall–Kier alpha value is -0.510. The molecular formula is C16H24N2S. The first-order valence-corrected chi connectivity index (χ1v) is 8.66. The summed E-state index contributed by atoms with van der Waals surface area (Å²) in [7, 11) is 0. The molecule has 3 rings (SSSR count). The van der Waals surface area contributed by atoms with Gasteiger partial charge in [0.1, 0.15) is 0 Å². The minimum Gasteiger partial charge on any atom is -0.312 e. The van der Waals surface area contributed by atoms with Crippen LogP contribution in [0.25, 0.3) is 0 Å². The van der Waals surface area contributed by atoms with Gasteiger partial charge in [-0.2, -0.15) is 11.8 Å². The van der Waals surface area contributed by atoms with E-state index >= 15 is 0 Å². The van der Waals surface area contributed by atoms with Crippen molar-refractivity contribution in [2.24, 2.45) is 0 Å². The molecule has 0 bridgehead atoms. The molecule has 1 aromatic rings. The van der Waals surface area contributed by atoms with Gasteiger partial charge in [0.25, 0.3) is 0 Å². The second kappa shape index (κ2) is 6.78. The molecule has 0 spiro atoms. The van der Waals surface area contributed by atoms with Gasteiger partial charge in [-0.25, -0.2) is 0 Å². The van der Waals surface area contributed by atoms with Crippen molar-refractivity contribution < 1.29 is 0 Å². The summed E-state index contributed by atoms with van der Waals surface area (Å²) in [5, 5.41) is 3.74. The Bertz CT molecular complexity index is 376. The van der Waals surface area contributed by atoms with E-state index in [-0.39, 0.29) is 0 Å². The number of hydrogen-bond donors (Lipinski definition) is 1. The molecule has 2 heterocycles. The fourth-order valence-electron chi connectivity index (χ4n) is 3.20. The van der Waals surface area contributed by atoms with E-state index in [1.54, 1.807) is 0 Å².